The van der Waals surface area contributed by atoms with Crippen molar-refractivity contribution in [2.45, 2.75) is 51.6 Å². The molecule has 2 unspecified atom stereocenters. The van der Waals surface area contributed by atoms with E-state index in [0.29, 0.717) is 6.04 Å². The number of carbonyl (C=O) groups excluding carboxylic acids is 1. The molecular formula is C10H20N2O. The maximum Gasteiger partial charge on any atom is 0.239 e. The van der Waals surface area contributed by atoms with Crippen molar-refractivity contribution in [1.29, 1.82) is 0 Å². The van der Waals surface area contributed by atoms with E-state index in [-0.39, 0.29) is 11.9 Å². The van der Waals surface area contributed by atoms with Gasteiger partial charge in [0.15, 0.2) is 0 Å². The van der Waals surface area contributed by atoms with Crippen LogP contribution < -0.4 is 5.73 Å². The van der Waals surface area contributed by atoms with E-state index in [0.717, 1.165) is 19.4 Å². The van der Waals surface area contributed by atoms with Gasteiger partial charge in [-0.25, -0.2) is 0 Å². The zero-order valence-electron chi connectivity index (χ0n) is 8.62. The largest absolute Gasteiger partial charge is 0.339 e. The maximum atomic E-state index is 11.7. The molecule has 1 heterocycles. The second-order valence-corrected chi connectivity index (χ2v) is 4.02. The molecule has 3 heteroatoms. The molecule has 0 aliphatic carbocycles. The minimum Gasteiger partial charge on any atom is -0.339 e. The van der Waals surface area contributed by atoms with Crippen molar-refractivity contribution in [2.24, 2.45) is 5.73 Å². The third-order valence-electron chi connectivity index (χ3n) is 2.73. The molecule has 3 nitrogen and oxygen atoms in total. The molecule has 1 fully saturated rings. The zero-order chi connectivity index (χ0) is 9.84. The average Bonchev–Trinajstić information content (AvgIpc) is 2.28. The lowest BCUT2D eigenvalue weighted by atomic mass is 10.1. The van der Waals surface area contributed by atoms with Crippen LogP contribution in [0.1, 0.15) is 39.5 Å². The van der Waals surface area contributed by atoms with E-state index in [2.05, 4.69) is 6.92 Å². The van der Waals surface area contributed by atoms with Crippen LogP contribution in [0, 0.1) is 0 Å². The number of nitrogens with zero attached hydrogens (tertiary/aromatic N) is 1. The Balaban J connectivity index is 2.58. The highest BCUT2D eigenvalue weighted by Crippen LogP contribution is 2.16. The van der Waals surface area contributed by atoms with E-state index in [1.165, 1.54) is 12.8 Å². The first kappa shape index (κ1) is 10.5. The fraction of sp³-hybridized carbons (Fsp3) is 0.900. The molecule has 1 saturated heterocycles. The van der Waals surface area contributed by atoms with Crippen molar-refractivity contribution in [3.63, 3.8) is 0 Å². The SMILES string of the molecule is CC(N)C(=O)N1CCCCCC1C. The molecule has 0 aromatic heterocycles. The topological polar surface area (TPSA) is 46.3 Å². The summed E-state index contributed by atoms with van der Waals surface area (Å²) in [6, 6.07) is 0.0292. The third-order valence-corrected chi connectivity index (χ3v) is 2.73. The van der Waals surface area contributed by atoms with Gasteiger partial charge in [-0.3, -0.25) is 4.79 Å². The molecule has 1 amide bonds. The summed E-state index contributed by atoms with van der Waals surface area (Å²) in [5.74, 6) is 0.106. The molecule has 0 bridgehead atoms. The molecule has 1 aliphatic heterocycles. The van der Waals surface area contributed by atoms with Crippen LogP contribution in [-0.4, -0.2) is 29.4 Å². The summed E-state index contributed by atoms with van der Waals surface area (Å²) in [6.07, 6.45) is 4.73. The first-order chi connectivity index (χ1) is 6.13. The van der Waals surface area contributed by atoms with E-state index in [4.69, 9.17) is 5.73 Å². The van der Waals surface area contributed by atoms with E-state index in [1.807, 2.05) is 4.90 Å². The molecule has 0 spiro atoms. The molecule has 1 rings (SSSR count). The number of nitrogens with two attached hydrogens (primary N) is 1. The number of carbonyl (C=O) groups is 1. The average molecular weight is 184 g/mol. The minimum atomic E-state index is -0.347. The quantitative estimate of drug-likeness (QED) is 0.664. The Morgan fingerprint density at radius 2 is 2.15 bits per heavy atom. The standard InChI is InChI=1S/C10H20N2O/c1-8-6-4-3-5-7-12(8)10(13)9(2)11/h8-9H,3-7,11H2,1-2H3. The third kappa shape index (κ3) is 2.69. The lowest BCUT2D eigenvalue weighted by Gasteiger charge is -2.28. The van der Waals surface area contributed by atoms with Crippen LogP contribution in [0.3, 0.4) is 0 Å². The fourth-order valence-electron chi connectivity index (χ4n) is 1.86. The first-order valence-corrected chi connectivity index (χ1v) is 5.19. The monoisotopic (exact) mass is 184 g/mol. The molecule has 2 N–H and O–H groups in total. The molecule has 76 valence electrons. The predicted molar refractivity (Wildman–Crippen MR) is 53.3 cm³/mol. The summed E-state index contributed by atoms with van der Waals surface area (Å²) in [5.41, 5.74) is 5.59. The summed E-state index contributed by atoms with van der Waals surface area (Å²) in [4.78, 5) is 13.6. The Morgan fingerprint density at radius 3 is 2.77 bits per heavy atom. The Hall–Kier alpha value is -0.570. The van der Waals surface area contributed by atoms with Crippen LogP contribution in [-0.2, 0) is 4.79 Å². The minimum absolute atomic E-state index is 0.106. The second-order valence-electron chi connectivity index (χ2n) is 4.02. The van der Waals surface area contributed by atoms with Gasteiger partial charge in [-0.15, -0.1) is 0 Å². The maximum absolute atomic E-state index is 11.7. The van der Waals surface area contributed by atoms with E-state index < -0.39 is 0 Å². The van der Waals surface area contributed by atoms with Gasteiger partial charge < -0.3 is 10.6 Å². The molecule has 0 aromatic carbocycles. The van der Waals surface area contributed by atoms with Crippen LogP contribution in [0.15, 0.2) is 0 Å². The highest BCUT2D eigenvalue weighted by molar-refractivity contribution is 5.81. The van der Waals surface area contributed by atoms with Gasteiger partial charge in [0.25, 0.3) is 0 Å². The Kier molecular flexibility index (Phi) is 3.72. The molecule has 13 heavy (non-hydrogen) atoms. The Bertz CT molecular complexity index is 180. The lowest BCUT2D eigenvalue weighted by molar-refractivity contribution is -0.134. The van der Waals surface area contributed by atoms with Crippen molar-refractivity contribution in [1.82, 2.24) is 4.90 Å². The van der Waals surface area contributed by atoms with Crippen molar-refractivity contribution < 1.29 is 4.79 Å². The second kappa shape index (κ2) is 4.61. The summed E-state index contributed by atoms with van der Waals surface area (Å²) in [6.45, 7) is 4.77. The van der Waals surface area contributed by atoms with Crippen molar-refractivity contribution in [3.05, 3.63) is 0 Å². The highest BCUT2D eigenvalue weighted by atomic mass is 16.2. The number of amides is 1. The van der Waals surface area contributed by atoms with Crippen molar-refractivity contribution in [2.75, 3.05) is 6.54 Å². The predicted octanol–water partition coefficient (Wildman–Crippen LogP) is 1.12. The van der Waals surface area contributed by atoms with Gasteiger partial charge in [0, 0.05) is 12.6 Å². The Morgan fingerprint density at radius 1 is 1.46 bits per heavy atom. The van der Waals surface area contributed by atoms with Gasteiger partial charge in [0.05, 0.1) is 6.04 Å². The van der Waals surface area contributed by atoms with E-state index in [9.17, 15) is 4.79 Å². The van der Waals surface area contributed by atoms with Gasteiger partial charge in [-0.05, 0) is 26.7 Å². The van der Waals surface area contributed by atoms with Crippen LogP contribution in [0.4, 0.5) is 0 Å². The summed E-state index contributed by atoms with van der Waals surface area (Å²) < 4.78 is 0. The number of hydrogen-bond acceptors (Lipinski definition) is 2. The van der Waals surface area contributed by atoms with Gasteiger partial charge in [0.1, 0.15) is 0 Å². The first-order valence-electron chi connectivity index (χ1n) is 5.19. The summed E-state index contributed by atoms with van der Waals surface area (Å²) >= 11 is 0. The molecule has 0 radical (unpaired) electrons. The van der Waals surface area contributed by atoms with Gasteiger partial charge in [0.2, 0.25) is 5.91 Å². The van der Waals surface area contributed by atoms with Crippen LogP contribution >= 0.6 is 0 Å². The number of hydrogen-bond donors (Lipinski definition) is 1. The number of likely N-dealkylation sites (tertiary alicyclic amines) is 1. The molecule has 0 aromatic rings. The molecule has 0 saturated carbocycles. The van der Waals surface area contributed by atoms with Crippen molar-refractivity contribution >= 4 is 5.91 Å². The highest BCUT2D eigenvalue weighted by Gasteiger charge is 2.23. The molecular weight excluding hydrogens is 164 g/mol. The fourth-order valence-corrected chi connectivity index (χ4v) is 1.86. The van der Waals surface area contributed by atoms with Gasteiger partial charge >= 0.3 is 0 Å². The van der Waals surface area contributed by atoms with Crippen LogP contribution in [0.25, 0.3) is 0 Å². The van der Waals surface area contributed by atoms with E-state index in [1.54, 1.807) is 6.92 Å². The normalized spacial score (nSPS) is 26.7. The van der Waals surface area contributed by atoms with Crippen LogP contribution in [0.5, 0.6) is 0 Å². The smallest absolute Gasteiger partial charge is 0.239 e. The zero-order valence-corrected chi connectivity index (χ0v) is 8.62. The summed E-state index contributed by atoms with van der Waals surface area (Å²) in [7, 11) is 0. The molecule has 2 atom stereocenters. The van der Waals surface area contributed by atoms with Crippen LogP contribution in [0.2, 0.25) is 0 Å². The van der Waals surface area contributed by atoms with Crippen molar-refractivity contribution in [3.8, 4) is 0 Å². The van der Waals surface area contributed by atoms with Gasteiger partial charge in [-0.2, -0.15) is 0 Å². The van der Waals surface area contributed by atoms with Gasteiger partial charge in [-0.1, -0.05) is 12.8 Å². The number of rotatable bonds is 1. The van der Waals surface area contributed by atoms with E-state index >= 15 is 0 Å². The lowest BCUT2D eigenvalue weighted by Crippen LogP contribution is -2.46. The molecule has 1 aliphatic rings. The Labute approximate surface area is 80.3 Å². The summed E-state index contributed by atoms with van der Waals surface area (Å²) in [5, 5.41) is 0.